The fraction of sp³-hybridized carbons (Fsp3) is 0.588. The predicted octanol–water partition coefficient (Wildman–Crippen LogP) is 1.94. The Hall–Kier alpha value is -1.43. The summed E-state index contributed by atoms with van der Waals surface area (Å²) in [6.07, 6.45) is 3.13. The fourth-order valence-electron chi connectivity index (χ4n) is 2.67. The Morgan fingerprint density at radius 3 is 2.82 bits per heavy atom. The summed E-state index contributed by atoms with van der Waals surface area (Å²) in [5.41, 5.74) is 1.89. The molecule has 5 heteroatoms. The Labute approximate surface area is 133 Å². The van der Waals surface area contributed by atoms with Crippen LogP contribution in [0.25, 0.3) is 0 Å². The van der Waals surface area contributed by atoms with Crippen LogP contribution in [0.4, 0.5) is 0 Å². The molecule has 0 aromatic heterocycles. The Kier molecular flexibility index (Phi) is 6.83. The minimum absolute atomic E-state index is 0.0112. The molecule has 0 unspecified atom stereocenters. The Morgan fingerprint density at radius 2 is 2.14 bits per heavy atom. The van der Waals surface area contributed by atoms with Gasteiger partial charge in [0.15, 0.2) is 0 Å². The first-order valence-electron chi connectivity index (χ1n) is 8.12. The molecule has 1 heterocycles. The van der Waals surface area contributed by atoms with E-state index < -0.39 is 0 Å². The Balaban J connectivity index is 1.82. The molecular weight excluding hydrogens is 278 g/mol. The molecule has 0 bridgehead atoms. The van der Waals surface area contributed by atoms with Crippen LogP contribution in [0, 0.1) is 0 Å². The van der Waals surface area contributed by atoms with Gasteiger partial charge in [-0.05, 0) is 37.0 Å². The van der Waals surface area contributed by atoms with Crippen molar-refractivity contribution in [3.05, 3.63) is 35.4 Å². The summed E-state index contributed by atoms with van der Waals surface area (Å²) >= 11 is 0. The highest BCUT2D eigenvalue weighted by Gasteiger charge is 2.18. The molecule has 1 saturated heterocycles. The molecule has 1 amide bonds. The second kappa shape index (κ2) is 8.88. The lowest BCUT2D eigenvalue weighted by Gasteiger charge is -2.30. The number of rotatable bonds is 7. The molecule has 0 atom stereocenters. The molecule has 22 heavy (non-hydrogen) atoms. The van der Waals surface area contributed by atoms with Gasteiger partial charge in [0.05, 0.1) is 7.11 Å². The van der Waals surface area contributed by atoms with E-state index in [1.807, 2.05) is 23.3 Å². The molecule has 122 valence electrons. The molecule has 1 aliphatic heterocycles. The Bertz CT molecular complexity index is 471. The molecule has 2 N–H and O–H groups in total. The monoisotopic (exact) mass is 305 g/mol. The SMILES string of the molecule is CCCNC(=O)c1cccc(CNC2CCN(OC)CC2)c1. The average Bonchev–Trinajstić information content (AvgIpc) is 2.58. The molecule has 0 saturated carbocycles. The molecule has 0 aliphatic carbocycles. The summed E-state index contributed by atoms with van der Waals surface area (Å²) in [6, 6.07) is 8.37. The van der Waals surface area contributed by atoms with Crippen LogP contribution in [0.1, 0.15) is 42.1 Å². The molecule has 1 aromatic rings. The fourth-order valence-corrected chi connectivity index (χ4v) is 2.67. The van der Waals surface area contributed by atoms with Crippen molar-refractivity contribution in [3.8, 4) is 0 Å². The van der Waals surface area contributed by atoms with Crippen molar-refractivity contribution in [2.45, 2.75) is 38.8 Å². The highest BCUT2D eigenvalue weighted by Crippen LogP contribution is 2.12. The lowest BCUT2D eigenvalue weighted by atomic mass is 10.1. The first-order valence-corrected chi connectivity index (χ1v) is 8.12. The number of carbonyl (C=O) groups excluding carboxylic acids is 1. The summed E-state index contributed by atoms with van der Waals surface area (Å²) < 4.78 is 0. The topological polar surface area (TPSA) is 53.6 Å². The largest absolute Gasteiger partial charge is 0.352 e. The van der Waals surface area contributed by atoms with Crippen LogP contribution in [0.2, 0.25) is 0 Å². The number of nitrogens with one attached hydrogen (secondary N) is 2. The van der Waals surface area contributed by atoms with Crippen molar-refractivity contribution in [1.82, 2.24) is 15.7 Å². The second-order valence-electron chi connectivity index (χ2n) is 5.72. The van der Waals surface area contributed by atoms with E-state index in [1.165, 1.54) is 0 Å². The van der Waals surface area contributed by atoms with Crippen LogP contribution in [0.3, 0.4) is 0 Å². The number of amides is 1. The van der Waals surface area contributed by atoms with Gasteiger partial charge < -0.3 is 15.5 Å². The number of hydrogen-bond acceptors (Lipinski definition) is 4. The summed E-state index contributed by atoms with van der Waals surface area (Å²) in [4.78, 5) is 17.2. The highest BCUT2D eigenvalue weighted by atomic mass is 16.7. The molecule has 0 spiro atoms. The molecule has 0 radical (unpaired) electrons. The van der Waals surface area contributed by atoms with Gasteiger partial charge in [0.25, 0.3) is 5.91 Å². The second-order valence-corrected chi connectivity index (χ2v) is 5.72. The maximum Gasteiger partial charge on any atom is 0.251 e. The standard InChI is InChI=1S/C17H27N3O2/c1-3-9-18-17(21)15-6-4-5-14(12-15)13-19-16-7-10-20(22-2)11-8-16/h4-6,12,16,19H,3,7-11,13H2,1-2H3,(H,18,21). The highest BCUT2D eigenvalue weighted by molar-refractivity contribution is 5.94. The van der Waals surface area contributed by atoms with Crippen LogP contribution >= 0.6 is 0 Å². The van der Waals surface area contributed by atoms with Gasteiger partial charge in [0.1, 0.15) is 0 Å². The van der Waals surface area contributed by atoms with Gasteiger partial charge in [0, 0.05) is 37.8 Å². The van der Waals surface area contributed by atoms with Gasteiger partial charge in [0.2, 0.25) is 0 Å². The van der Waals surface area contributed by atoms with Gasteiger partial charge in [-0.25, -0.2) is 0 Å². The average molecular weight is 305 g/mol. The zero-order chi connectivity index (χ0) is 15.8. The van der Waals surface area contributed by atoms with Crippen LogP contribution in [-0.2, 0) is 11.4 Å². The zero-order valence-corrected chi connectivity index (χ0v) is 13.6. The van der Waals surface area contributed by atoms with E-state index in [0.29, 0.717) is 6.04 Å². The summed E-state index contributed by atoms with van der Waals surface area (Å²) in [6.45, 7) is 5.50. The van der Waals surface area contributed by atoms with E-state index in [-0.39, 0.29) is 5.91 Å². The molecule has 1 fully saturated rings. The molecular formula is C17H27N3O2. The van der Waals surface area contributed by atoms with Crippen LogP contribution in [0.5, 0.6) is 0 Å². The van der Waals surface area contributed by atoms with Crippen molar-refractivity contribution >= 4 is 5.91 Å². The first kappa shape index (κ1) is 16.9. The van der Waals surface area contributed by atoms with E-state index in [2.05, 4.69) is 23.6 Å². The van der Waals surface area contributed by atoms with E-state index in [1.54, 1.807) is 7.11 Å². The number of nitrogens with zero attached hydrogens (tertiary/aromatic N) is 1. The van der Waals surface area contributed by atoms with Crippen molar-refractivity contribution < 1.29 is 9.63 Å². The number of piperidine rings is 1. The van der Waals surface area contributed by atoms with Crippen molar-refractivity contribution in [3.63, 3.8) is 0 Å². The third kappa shape index (κ3) is 5.09. The number of hydroxylamine groups is 2. The maximum atomic E-state index is 12.0. The maximum absolute atomic E-state index is 12.0. The van der Waals surface area contributed by atoms with E-state index in [4.69, 9.17) is 4.84 Å². The van der Waals surface area contributed by atoms with E-state index in [9.17, 15) is 4.79 Å². The molecule has 1 aromatic carbocycles. The lowest BCUT2D eigenvalue weighted by molar-refractivity contribution is -0.144. The minimum atomic E-state index is 0.0112. The van der Waals surface area contributed by atoms with Crippen LogP contribution in [-0.4, -0.2) is 43.8 Å². The number of hydrogen-bond donors (Lipinski definition) is 2. The third-order valence-electron chi connectivity index (χ3n) is 4.03. The van der Waals surface area contributed by atoms with Gasteiger partial charge in [-0.2, -0.15) is 5.06 Å². The van der Waals surface area contributed by atoms with Gasteiger partial charge >= 0.3 is 0 Å². The summed E-state index contributed by atoms with van der Waals surface area (Å²) in [5, 5.41) is 8.49. The lowest BCUT2D eigenvalue weighted by Crippen LogP contribution is -2.41. The molecule has 2 rings (SSSR count). The first-order chi connectivity index (χ1) is 10.7. The summed E-state index contributed by atoms with van der Waals surface area (Å²) in [7, 11) is 1.73. The predicted molar refractivity (Wildman–Crippen MR) is 87.5 cm³/mol. The van der Waals surface area contributed by atoms with Crippen LogP contribution in [0.15, 0.2) is 24.3 Å². The molecule has 1 aliphatic rings. The zero-order valence-electron chi connectivity index (χ0n) is 13.6. The van der Waals surface area contributed by atoms with Crippen LogP contribution < -0.4 is 10.6 Å². The normalized spacial score (nSPS) is 16.6. The minimum Gasteiger partial charge on any atom is -0.352 e. The quantitative estimate of drug-likeness (QED) is 0.808. The van der Waals surface area contributed by atoms with Gasteiger partial charge in [-0.1, -0.05) is 19.1 Å². The van der Waals surface area contributed by atoms with Gasteiger partial charge in [-0.3, -0.25) is 4.79 Å². The number of benzene rings is 1. The van der Waals surface area contributed by atoms with Crippen molar-refractivity contribution in [2.24, 2.45) is 0 Å². The van der Waals surface area contributed by atoms with Gasteiger partial charge in [-0.15, -0.1) is 0 Å². The molecule has 5 nitrogen and oxygen atoms in total. The Morgan fingerprint density at radius 1 is 1.36 bits per heavy atom. The van der Waals surface area contributed by atoms with Crippen molar-refractivity contribution in [2.75, 3.05) is 26.7 Å². The smallest absolute Gasteiger partial charge is 0.251 e. The van der Waals surface area contributed by atoms with E-state index in [0.717, 1.165) is 56.6 Å². The van der Waals surface area contributed by atoms with E-state index >= 15 is 0 Å². The van der Waals surface area contributed by atoms with Crippen molar-refractivity contribution in [1.29, 1.82) is 0 Å². The number of carbonyl (C=O) groups is 1. The summed E-state index contributed by atoms with van der Waals surface area (Å²) in [5.74, 6) is 0.0112. The third-order valence-corrected chi connectivity index (χ3v) is 4.03.